The molecule has 0 spiro atoms. The zero-order valence-corrected chi connectivity index (χ0v) is 8.52. The lowest BCUT2D eigenvalue weighted by Crippen LogP contribution is -1.84. The topological polar surface area (TPSA) is 61.7 Å². The number of hydrogen-bond donors (Lipinski definition) is 0. The third-order valence-corrected chi connectivity index (χ3v) is 1.91. The summed E-state index contributed by atoms with van der Waals surface area (Å²) in [5.74, 6) is -0.436. The fourth-order valence-corrected chi connectivity index (χ4v) is 1.11. The number of azide groups is 1. The van der Waals surface area contributed by atoms with Gasteiger partial charge in [-0.05, 0) is 18.0 Å². The van der Waals surface area contributed by atoms with Gasteiger partial charge in [0, 0.05) is 17.0 Å². The predicted octanol–water partition coefficient (Wildman–Crippen LogP) is 3.59. The van der Waals surface area contributed by atoms with E-state index < -0.39 is 5.82 Å². The molecule has 1 aromatic heterocycles. The Balaban J connectivity index is 2.63. The molecule has 0 aliphatic carbocycles. The van der Waals surface area contributed by atoms with Crippen LogP contribution in [0.2, 0.25) is 5.15 Å². The van der Waals surface area contributed by atoms with Gasteiger partial charge in [-0.25, -0.2) is 9.37 Å². The van der Waals surface area contributed by atoms with Crippen molar-refractivity contribution >= 4 is 17.7 Å². The Labute approximate surface area is 91.0 Å². The van der Waals surface area contributed by atoms with E-state index in [1.165, 1.54) is 6.07 Å². The Hall–Kier alpha value is -1.58. The molecule has 0 atom stereocenters. The van der Waals surface area contributed by atoms with Crippen molar-refractivity contribution in [3.05, 3.63) is 45.3 Å². The summed E-state index contributed by atoms with van der Waals surface area (Å²) >= 11 is 5.73. The van der Waals surface area contributed by atoms with Gasteiger partial charge in [-0.1, -0.05) is 28.9 Å². The van der Waals surface area contributed by atoms with Crippen LogP contribution in [0.1, 0.15) is 12.0 Å². The van der Waals surface area contributed by atoms with Crippen molar-refractivity contribution in [1.29, 1.82) is 0 Å². The van der Waals surface area contributed by atoms with Crippen molar-refractivity contribution in [2.45, 2.75) is 6.42 Å². The van der Waals surface area contributed by atoms with Crippen LogP contribution in [0, 0.1) is 5.82 Å². The molecule has 0 aromatic carbocycles. The molecule has 0 amide bonds. The summed E-state index contributed by atoms with van der Waals surface area (Å²) in [6, 6.07) is 1.29. The molecule has 0 saturated heterocycles. The highest BCUT2D eigenvalue weighted by Crippen LogP contribution is 2.15. The first-order valence-electron chi connectivity index (χ1n) is 4.22. The van der Waals surface area contributed by atoms with Crippen molar-refractivity contribution in [2.75, 3.05) is 6.54 Å². The van der Waals surface area contributed by atoms with Gasteiger partial charge < -0.3 is 0 Å². The van der Waals surface area contributed by atoms with Gasteiger partial charge >= 0.3 is 0 Å². The maximum atomic E-state index is 12.8. The third-order valence-electron chi connectivity index (χ3n) is 1.59. The van der Waals surface area contributed by atoms with E-state index in [0.717, 1.165) is 6.20 Å². The number of rotatable bonds is 4. The fourth-order valence-electron chi connectivity index (χ4n) is 0.942. The molecule has 0 aliphatic rings. The molecular formula is C9H8ClFN4. The third kappa shape index (κ3) is 3.97. The number of hydrogen-bond acceptors (Lipinski definition) is 2. The van der Waals surface area contributed by atoms with Gasteiger partial charge in [0.25, 0.3) is 0 Å². The molecule has 15 heavy (non-hydrogen) atoms. The van der Waals surface area contributed by atoms with Crippen LogP contribution in [-0.4, -0.2) is 11.5 Å². The molecule has 0 unspecified atom stereocenters. The average molecular weight is 227 g/mol. The van der Waals surface area contributed by atoms with Crippen LogP contribution in [0.3, 0.4) is 0 Å². The summed E-state index contributed by atoms with van der Waals surface area (Å²) in [5, 5.41) is 3.60. The minimum absolute atomic E-state index is 0.247. The standard InChI is InChI=1S/C9H8ClFN4/c10-9-7(5-8(11)6-13-9)3-1-2-4-14-15-12/h1,3,5-6H,2,4H2. The Kier molecular flexibility index (Phi) is 4.60. The van der Waals surface area contributed by atoms with Crippen LogP contribution in [0.4, 0.5) is 4.39 Å². The first-order valence-corrected chi connectivity index (χ1v) is 4.60. The number of pyridine rings is 1. The van der Waals surface area contributed by atoms with Gasteiger partial charge in [0.1, 0.15) is 11.0 Å². The Morgan fingerprint density at radius 3 is 3.20 bits per heavy atom. The quantitative estimate of drug-likeness (QED) is 0.254. The van der Waals surface area contributed by atoms with E-state index in [-0.39, 0.29) is 5.15 Å². The molecular weight excluding hydrogens is 219 g/mol. The second-order valence-electron chi connectivity index (χ2n) is 2.68. The van der Waals surface area contributed by atoms with Crippen LogP contribution in [0.25, 0.3) is 16.5 Å². The number of aromatic nitrogens is 1. The molecule has 6 heteroatoms. The Morgan fingerprint density at radius 2 is 2.47 bits per heavy atom. The molecule has 1 rings (SSSR count). The largest absolute Gasteiger partial charge is 0.241 e. The molecule has 0 fully saturated rings. The van der Waals surface area contributed by atoms with Crippen molar-refractivity contribution < 1.29 is 4.39 Å². The van der Waals surface area contributed by atoms with E-state index in [0.29, 0.717) is 18.5 Å². The minimum Gasteiger partial charge on any atom is -0.241 e. The average Bonchev–Trinajstić information content (AvgIpc) is 2.23. The van der Waals surface area contributed by atoms with E-state index >= 15 is 0 Å². The first kappa shape index (κ1) is 11.5. The maximum absolute atomic E-state index is 12.8. The SMILES string of the molecule is [N-]=[N+]=NCCC=Cc1cc(F)cnc1Cl. The highest BCUT2D eigenvalue weighted by Gasteiger charge is 1.98. The Bertz CT molecular complexity index is 413. The van der Waals surface area contributed by atoms with Crippen LogP contribution >= 0.6 is 11.6 Å². The highest BCUT2D eigenvalue weighted by molar-refractivity contribution is 6.30. The molecule has 78 valence electrons. The van der Waals surface area contributed by atoms with E-state index in [9.17, 15) is 4.39 Å². The second kappa shape index (κ2) is 6.01. The summed E-state index contributed by atoms with van der Waals surface area (Å²) in [6.45, 7) is 0.368. The van der Waals surface area contributed by atoms with Crippen molar-refractivity contribution in [3.63, 3.8) is 0 Å². The molecule has 0 radical (unpaired) electrons. The molecule has 1 heterocycles. The van der Waals surface area contributed by atoms with E-state index in [1.807, 2.05) is 0 Å². The minimum atomic E-state index is -0.436. The summed E-state index contributed by atoms with van der Waals surface area (Å²) in [4.78, 5) is 6.26. The smallest absolute Gasteiger partial charge is 0.142 e. The molecule has 0 saturated carbocycles. The van der Waals surface area contributed by atoms with Crippen LogP contribution in [0.15, 0.2) is 23.5 Å². The van der Waals surface area contributed by atoms with E-state index in [1.54, 1.807) is 12.2 Å². The zero-order chi connectivity index (χ0) is 11.1. The van der Waals surface area contributed by atoms with E-state index in [2.05, 4.69) is 15.0 Å². The summed E-state index contributed by atoms with van der Waals surface area (Å²) < 4.78 is 12.8. The monoisotopic (exact) mass is 226 g/mol. The van der Waals surface area contributed by atoms with Gasteiger partial charge in [-0.2, -0.15) is 0 Å². The van der Waals surface area contributed by atoms with Crippen LogP contribution in [0.5, 0.6) is 0 Å². The first-order chi connectivity index (χ1) is 7.24. The van der Waals surface area contributed by atoms with E-state index in [4.69, 9.17) is 17.1 Å². The lowest BCUT2D eigenvalue weighted by atomic mass is 10.2. The molecule has 0 aliphatic heterocycles. The highest BCUT2D eigenvalue weighted by atomic mass is 35.5. The molecule has 4 nitrogen and oxygen atoms in total. The van der Waals surface area contributed by atoms with Gasteiger partial charge in [0.05, 0.1) is 6.20 Å². The summed E-state index contributed by atoms with van der Waals surface area (Å²) in [6.07, 6.45) is 5.03. The van der Waals surface area contributed by atoms with Gasteiger partial charge in [0.2, 0.25) is 0 Å². The van der Waals surface area contributed by atoms with Crippen LogP contribution < -0.4 is 0 Å². The maximum Gasteiger partial charge on any atom is 0.142 e. The molecule has 1 aromatic rings. The second-order valence-corrected chi connectivity index (χ2v) is 3.04. The predicted molar refractivity (Wildman–Crippen MR) is 56.9 cm³/mol. The fraction of sp³-hybridized carbons (Fsp3) is 0.222. The van der Waals surface area contributed by atoms with Gasteiger partial charge in [-0.15, -0.1) is 0 Å². The van der Waals surface area contributed by atoms with Gasteiger partial charge in [0.15, 0.2) is 0 Å². The zero-order valence-electron chi connectivity index (χ0n) is 7.77. The number of halogens is 2. The normalized spacial score (nSPS) is 10.3. The lowest BCUT2D eigenvalue weighted by Gasteiger charge is -1.96. The summed E-state index contributed by atoms with van der Waals surface area (Å²) in [7, 11) is 0. The molecule has 0 bridgehead atoms. The van der Waals surface area contributed by atoms with Gasteiger partial charge in [-0.3, -0.25) is 0 Å². The summed E-state index contributed by atoms with van der Waals surface area (Å²) in [5.41, 5.74) is 8.53. The number of nitrogens with zero attached hydrogens (tertiary/aromatic N) is 4. The van der Waals surface area contributed by atoms with Crippen molar-refractivity contribution in [1.82, 2.24) is 4.98 Å². The lowest BCUT2D eigenvalue weighted by molar-refractivity contribution is 0.621. The van der Waals surface area contributed by atoms with Crippen molar-refractivity contribution in [2.24, 2.45) is 5.11 Å². The van der Waals surface area contributed by atoms with Crippen LogP contribution in [-0.2, 0) is 0 Å². The van der Waals surface area contributed by atoms with Crippen molar-refractivity contribution in [3.8, 4) is 0 Å². The Morgan fingerprint density at radius 1 is 1.67 bits per heavy atom. The molecule has 0 N–H and O–H groups in total.